The molecule has 2 atom stereocenters. The normalized spacial score (nSPS) is 11.9. The lowest BCUT2D eigenvalue weighted by molar-refractivity contribution is -0.143. The Hall–Kier alpha value is -5.75. The molecule has 12 N–H and O–H groups in total. The van der Waals surface area contributed by atoms with Gasteiger partial charge in [0.05, 0.1) is 11.9 Å². The van der Waals surface area contributed by atoms with Crippen molar-refractivity contribution < 1.29 is 44.1 Å². The third-order valence-electron chi connectivity index (χ3n) is 5.00. The zero-order chi connectivity index (χ0) is 30.0. The van der Waals surface area contributed by atoms with Gasteiger partial charge < -0.3 is 42.7 Å². The van der Waals surface area contributed by atoms with Crippen LogP contribution in [0, 0.1) is 0 Å². The number of hydrogen-bond acceptors (Lipinski definition) is 11. The minimum Gasteiger partial charge on any atom is -0.481 e. The van der Waals surface area contributed by atoms with Crippen LogP contribution < -0.4 is 38.3 Å². The quantitative estimate of drug-likeness (QED) is 0.131. The number of aliphatic carboxylic acids is 3. The molecule has 2 aromatic heterocycles. The monoisotopic (exact) mass is 563 g/mol. The molecule has 0 radical (unpaired) electrons. The van der Waals surface area contributed by atoms with E-state index in [-0.39, 0.29) is 35.3 Å². The third kappa shape index (κ3) is 9.28. The van der Waals surface area contributed by atoms with Gasteiger partial charge in [-0.2, -0.15) is 4.98 Å². The van der Waals surface area contributed by atoms with Gasteiger partial charge in [-0.1, -0.05) is 0 Å². The Morgan fingerprint density at radius 3 is 2.08 bits per heavy atom. The standard InChI is InChI=1S/C21H25N9O10/c22-15-14(17(35)30-20(23)29-15)28-21(40)25-8-1-2-9(24-7-8)16(34)27-11(19(38)39)3-5-12(31)26-10(18(36)37)4-6-13(32)33/h1-2,7,10-11H,3-6H2,(H,26,31)(H,27,34)(H,32,33)(H,36,37)(H,38,39)(H2,25,28,40)(H5,22,23,29,30,35). The molecule has 0 bridgehead atoms. The van der Waals surface area contributed by atoms with E-state index in [1.165, 1.54) is 6.07 Å². The van der Waals surface area contributed by atoms with Gasteiger partial charge in [-0.25, -0.2) is 19.4 Å². The topological polar surface area (TPSA) is 322 Å². The number of urea groups is 1. The Balaban J connectivity index is 1.93. The van der Waals surface area contributed by atoms with Gasteiger partial charge in [0.15, 0.2) is 11.5 Å². The first kappa shape index (κ1) is 30.5. The van der Waals surface area contributed by atoms with Crippen molar-refractivity contribution in [2.24, 2.45) is 0 Å². The van der Waals surface area contributed by atoms with Crippen molar-refractivity contribution in [3.05, 3.63) is 34.4 Å². The SMILES string of the molecule is Nc1nc(N)c(NC(=O)Nc2ccc(C(=O)NC(CCC(=O)NC(CCC(=O)O)C(=O)O)C(=O)O)nc2)c(=O)[nH]1. The number of pyridine rings is 1. The summed E-state index contributed by atoms with van der Waals surface area (Å²) in [4.78, 5) is 91.5. The molecule has 0 saturated carbocycles. The van der Waals surface area contributed by atoms with E-state index in [2.05, 4.69) is 36.2 Å². The van der Waals surface area contributed by atoms with Crippen LogP contribution in [0.3, 0.4) is 0 Å². The smallest absolute Gasteiger partial charge is 0.326 e. The van der Waals surface area contributed by atoms with Crippen LogP contribution in [0.2, 0.25) is 0 Å². The van der Waals surface area contributed by atoms with Crippen LogP contribution in [0.5, 0.6) is 0 Å². The minimum absolute atomic E-state index is 0.0785. The number of amides is 4. The highest BCUT2D eigenvalue weighted by molar-refractivity contribution is 6.01. The molecular formula is C21H25N9O10. The Labute approximate surface area is 223 Å². The molecule has 0 saturated heterocycles. The highest BCUT2D eigenvalue weighted by Crippen LogP contribution is 2.12. The molecule has 2 heterocycles. The number of carbonyl (C=O) groups excluding carboxylic acids is 3. The van der Waals surface area contributed by atoms with Gasteiger partial charge in [0.2, 0.25) is 11.9 Å². The number of nitrogens with zero attached hydrogens (tertiary/aromatic N) is 2. The number of aromatic nitrogens is 3. The van der Waals surface area contributed by atoms with Crippen molar-refractivity contribution in [3.63, 3.8) is 0 Å². The maximum absolute atomic E-state index is 12.5. The molecule has 0 fully saturated rings. The first-order chi connectivity index (χ1) is 18.8. The average Bonchev–Trinajstić information content (AvgIpc) is 2.86. The number of nitrogen functional groups attached to an aromatic ring is 2. The van der Waals surface area contributed by atoms with Gasteiger partial charge in [-0.05, 0) is 25.0 Å². The summed E-state index contributed by atoms with van der Waals surface area (Å²) in [7, 11) is 0. The molecule has 0 spiro atoms. The van der Waals surface area contributed by atoms with Gasteiger partial charge in [-0.3, -0.25) is 29.5 Å². The molecule has 0 aliphatic rings. The lowest BCUT2D eigenvalue weighted by Gasteiger charge is -2.16. The third-order valence-corrected chi connectivity index (χ3v) is 5.00. The van der Waals surface area contributed by atoms with Crippen molar-refractivity contribution in [1.29, 1.82) is 0 Å². The first-order valence-corrected chi connectivity index (χ1v) is 11.2. The fraction of sp³-hybridized carbons (Fsp3) is 0.286. The lowest BCUT2D eigenvalue weighted by Crippen LogP contribution is -2.44. The van der Waals surface area contributed by atoms with Crippen LogP contribution in [0.15, 0.2) is 23.1 Å². The van der Waals surface area contributed by atoms with Crippen molar-refractivity contribution in [2.75, 3.05) is 22.1 Å². The fourth-order valence-corrected chi connectivity index (χ4v) is 3.06. The zero-order valence-corrected chi connectivity index (χ0v) is 20.5. The maximum Gasteiger partial charge on any atom is 0.326 e. The average molecular weight is 563 g/mol. The number of rotatable bonds is 13. The fourth-order valence-electron chi connectivity index (χ4n) is 3.06. The Kier molecular flexibility index (Phi) is 10.4. The van der Waals surface area contributed by atoms with Gasteiger partial charge in [-0.15, -0.1) is 0 Å². The molecule has 0 aliphatic carbocycles. The number of carboxylic acids is 3. The van der Waals surface area contributed by atoms with E-state index < -0.39 is 72.7 Å². The molecule has 0 aromatic carbocycles. The summed E-state index contributed by atoms with van der Waals surface area (Å²) in [6.07, 6.45) is -0.726. The number of nitrogens with two attached hydrogens (primary N) is 2. The number of nitrogens with one attached hydrogen (secondary N) is 5. The summed E-state index contributed by atoms with van der Waals surface area (Å²) in [5.74, 6) is -6.56. The molecule has 2 rings (SSSR count). The Bertz CT molecular complexity index is 1360. The van der Waals surface area contributed by atoms with Crippen molar-refractivity contribution in [1.82, 2.24) is 25.6 Å². The largest absolute Gasteiger partial charge is 0.481 e. The summed E-state index contributed by atoms with van der Waals surface area (Å²) >= 11 is 0. The molecule has 214 valence electrons. The highest BCUT2D eigenvalue weighted by Gasteiger charge is 2.25. The first-order valence-electron chi connectivity index (χ1n) is 11.2. The van der Waals surface area contributed by atoms with Crippen molar-refractivity contribution >= 4 is 58.9 Å². The summed E-state index contributed by atoms with van der Waals surface area (Å²) in [5, 5.41) is 35.9. The zero-order valence-electron chi connectivity index (χ0n) is 20.5. The van der Waals surface area contributed by atoms with Gasteiger partial charge in [0.25, 0.3) is 11.5 Å². The lowest BCUT2D eigenvalue weighted by atomic mass is 10.1. The Morgan fingerprint density at radius 1 is 0.900 bits per heavy atom. The number of hydrogen-bond donors (Lipinski definition) is 10. The number of carboxylic acid groups (broad SMARTS) is 3. The predicted molar refractivity (Wildman–Crippen MR) is 135 cm³/mol. The van der Waals surface area contributed by atoms with Crippen LogP contribution in [0.25, 0.3) is 0 Å². The number of H-pyrrole nitrogens is 1. The van der Waals surface area contributed by atoms with E-state index in [4.69, 9.17) is 21.7 Å². The molecule has 40 heavy (non-hydrogen) atoms. The second-order valence-electron chi connectivity index (χ2n) is 8.02. The van der Waals surface area contributed by atoms with E-state index in [1.807, 2.05) is 0 Å². The molecule has 19 nitrogen and oxygen atoms in total. The second-order valence-corrected chi connectivity index (χ2v) is 8.02. The molecule has 19 heteroatoms. The Morgan fingerprint density at radius 2 is 1.52 bits per heavy atom. The van der Waals surface area contributed by atoms with E-state index in [0.717, 1.165) is 12.3 Å². The molecule has 2 unspecified atom stereocenters. The summed E-state index contributed by atoms with van der Waals surface area (Å²) in [5.41, 5.74) is 9.57. The van der Waals surface area contributed by atoms with Gasteiger partial charge in [0, 0.05) is 12.8 Å². The summed E-state index contributed by atoms with van der Waals surface area (Å²) in [6, 6.07) is -1.53. The van der Waals surface area contributed by atoms with Crippen LogP contribution in [0.4, 0.5) is 27.9 Å². The molecular weight excluding hydrogens is 538 g/mol. The van der Waals surface area contributed by atoms with Gasteiger partial charge in [0.1, 0.15) is 17.8 Å². The van der Waals surface area contributed by atoms with E-state index in [0.29, 0.717) is 0 Å². The molecule has 0 aliphatic heterocycles. The molecule has 2 aromatic rings. The number of carbonyl (C=O) groups is 6. The summed E-state index contributed by atoms with van der Waals surface area (Å²) < 4.78 is 0. The van der Waals surface area contributed by atoms with Crippen LogP contribution in [0.1, 0.15) is 36.2 Å². The van der Waals surface area contributed by atoms with Crippen LogP contribution in [-0.4, -0.2) is 78.1 Å². The van der Waals surface area contributed by atoms with E-state index >= 15 is 0 Å². The summed E-state index contributed by atoms with van der Waals surface area (Å²) in [6.45, 7) is 0. The number of aromatic amines is 1. The van der Waals surface area contributed by atoms with Crippen molar-refractivity contribution in [3.8, 4) is 0 Å². The maximum atomic E-state index is 12.5. The highest BCUT2D eigenvalue weighted by atomic mass is 16.4. The predicted octanol–water partition coefficient (Wildman–Crippen LogP) is -1.63. The minimum atomic E-state index is -1.55. The van der Waals surface area contributed by atoms with Gasteiger partial charge >= 0.3 is 23.9 Å². The van der Waals surface area contributed by atoms with Crippen LogP contribution >= 0.6 is 0 Å². The second kappa shape index (κ2) is 13.7. The number of anilines is 4. The van der Waals surface area contributed by atoms with Crippen LogP contribution in [-0.2, 0) is 19.2 Å². The van der Waals surface area contributed by atoms with E-state index in [9.17, 15) is 38.7 Å². The van der Waals surface area contributed by atoms with E-state index in [1.54, 1.807) is 0 Å². The molecule has 4 amide bonds. The van der Waals surface area contributed by atoms with Crippen molar-refractivity contribution in [2.45, 2.75) is 37.8 Å².